The summed E-state index contributed by atoms with van der Waals surface area (Å²) in [7, 11) is 0. The summed E-state index contributed by atoms with van der Waals surface area (Å²) in [5.41, 5.74) is 1.84. The van der Waals surface area contributed by atoms with Gasteiger partial charge in [-0.3, -0.25) is 9.36 Å². The van der Waals surface area contributed by atoms with Gasteiger partial charge < -0.3 is 0 Å². The van der Waals surface area contributed by atoms with Crippen LogP contribution in [0.1, 0.15) is 23.3 Å². The molecule has 0 atom stereocenters. The molecule has 0 N–H and O–H groups in total. The Kier molecular flexibility index (Phi) is 4.55. The first-order chi connectivity index (χ1) is 12.2. The van der Waals surface area contributed by atoms with E-state index in [1.54, 1.807) is 28.0 Å². The van der Waals surface area contributed by atoms with Crippen LogP contribution in [0.2, 0.25) is 5.02 Å². The van der Waals surface area contributed by atoms with E-state index in [9.17, 15) is 4.79 Å². The predicted molar refractivity (Wildman–Crippen MR) is 103 cm³/mol. The topological polar surface area (TPSA) is 58.7 Å². The summed E-state index contributed by atoms with van der Waals surface area (Å²) < 4.78 is 1.61. The SMILES string of the molecule is N#CCSc1nc2sc3c(c2c(=O)n1-c1ccc(Cl)cc1)CCCC3. The Hall–Kier alpha value is -1.81. The molecule has 2 aromatic heterocycles. The molecule has 0 radical (unpaired) electrons. The maximum atomic E-state index is 13.3. The van der Waals surface area contributed by atoms with Crippen molar-refractivity contribution in [1.82, 2.24) is 9.55 Å². The number of aromatic nitrogens is 2. The smallest absolute Gasteiger partial charge is 0.267 e. The lowest BCUT2D eigenvalue weighted by atomic mass is 9.97. The monoisotopic (exact) mass is 387 g/mol. The number of hydrogen-bond donors (Lipinski definition) is 0. The van der Waals surface area contributed by atoms with Crippen LogP contribution < -0.4 is 5.56 Å². The Morgan fingerprint density at radius 3 is 2.80 bits per heavy atom. The van der Waals surface area contributed by atoms with Gasteiger partial charge in [-0.2, -0.15) is 5.26 Å². The number of rotatable bonds is 3. The Morgan fingerprint density at radius 2 is 2.04 bits per heavy atom. The molecule has 126 valence electrons. The fourth-order valence-electron chi connectivity index (χ4n) is 3.20. The molecule has 3 aromatic rings. The number of thioether (sulfide) groups is 1. The van der Waals surface area contributed by atoms with Crippen LogP contribution in [0.25, 0.3) is 15.9 Å². The predicted octanol–water partition coefficient (Wildman–Crippen LogP) is 4.60. The highest BCUT2D eigenvalue weighted by Gasteiger charge is 2.22. The number of thiophene rings is 1. The van der Waals surface area contributed by atoms with E-state index in [1.807, 2.05) is 12.1 Å². The second-order valence-corrected chi connectivity index (χ2v) is 8.31. The first-order valence-electron chi connectivity index (χ1n) is 8.02. The highest BCUT2D eigenvalue weighted by molar-refractivity contribution is 7.99. The Bertz CT molecular complexity index is 1050. The number of benzene rings is 1. The molecule has 1 aliphatic rings. The number of aryl methyl sites for hydroxylation is 2. The summed E-state index contributed by atoms with van der Waals surface area (Å²) in [6.07, 6.45) is 4.25. The van der Waals surface area contributed by atoms with Crippen LogP contribution in [0, 0.1) is 11.3 Å². The molecule has 0 fully saturated rings. The molecule has 0 saturated carbocycles. The molecule has 0 unspecified atom stereocenters. The quantitative estimate of drug-likeness (QED) is 0.487. The van der Waals surface area contributed by atoms with E-state index in [1.165, 1.54) is 28.6 Å². The van der Waals surface area contributed by atoms with Gasteiger partial charge in [-0.1, -0.05) is 23.4 Å². The summed E-state index contributed by atoms with van der Waals surface area (Å²) in [5, 5.41) is 10.9. The Morgan fingerprint density at radius 1 is 1.28 bits per heavy atom. The van der Waals surface area contributed by atoms with Crippen LogP contribution in [0.5, 0.6) is 0 Å². The van der Waals surface area contributed by atoms with Gasteiger partial charge in [-0.05, 0) is 55.5 Å². The summed E-state index contributed by atoms with van der Waals surface area (Å²) in [5.74, 6) is 0.247. The van der Waals surface area contributed by atoms with Gasteiger partial charge in [-0.25, -0.2) is 4.98 Å². The third kappa shape index (κ3) is 2.97. The van der Waals surface area contributed by atoms with Crippen LogP contribution in [-0.4, -0.2) is 15.3 Å². The zero-order valence-corrected chi connectivity index (χ0v) is 15.7. The Balaban J connectivity index is 2.00. The van der Waals surface area contributed by atoms with Crippen molar-refractivity contribution in [2.45, 2.75) is 30.8 Å². The zero-order valence-electron chi connectivity index (χ0n) is 13.3. The summed E-state index contributed by atoms with van der Waals surface area (Å²) >= 11 is 8.90. The van der Waals surface area contributed by atoms with Crippen molar-refractivity contribution in [3.8, 4) is 11.8 Å². The van der Waals surface area contributed by atoms with Crippen molar-refractivity contribution >= 4 is 44.9 Å². The first-order valence-corrected chi connectivity index (χ1v) is 10.2. The van der Waals surface area contributed by atoms with Gasteiger partial charge in [0.2, 0.25) is 0 Å². The Labute approximate surface area is 158 Å². The molecule has 0 aliphatic heterocycles. The minimum atomic E-state index is -0.0489. The van der Waals surface area contributed by atoms with Crippen molar-refractivity contribution in [3.05, 3.63) is 50.1 Å². The molecule has 0 amide bonds. The molecular formula is C18H14ClN3OS2. The van der Waals surface area contributed by atoms with Crippen molar-refractivity contribution in [1.29, 1.82) is 5.26 Å². The van der Waals surface area contributed by atoms with Crippen molar-refractivity contribution in [2.75, 3.05) is 5.75 Å². The number of nitriles is 1. The van der Waals surface area contributed by atoms with Crippen LogP contribution in [0.4, 0.5) is 0 Å². The van der Waals surface area contributed by atoms with E-state index < -0.39 is 0 Å². The van der Waals surface area contributed by atoms with E-state index in [4.69, 9.17) is 21.8 Å². The number of halogens is 1. The lowest BCUT2D eigenvalue weighted by Gasteiger charge is -2.13. The van der Waals surface area contributed by atoms with Gasteiger partial charge in [0.15, 0.2) is 5.16 Å². The van der Waals surface area contributed by atoms with Gasteiger partial charge in [0.25, 0.3) is 5.56 Å². The lowest BCUT2D eigenvalue weighted by Crippen LogP contribution is -2.22. The van der Waals surface area contributed by atoms with E-state index in [-0.39, 0.29) is 11.3 Å². The van der Waals surface area contributed by atoms with Gasteiger partial charge in [0, 0.05) is 9.90 Å². The van der Waals surface area contributed by atoms with Crippen molar-refractivity contribution in [2.24, 2.45) is 0 Å². The summed E-state index contributed by atoms with van der Waals surface area (Å²) in [4.78, 5) is 20.2. The van der Waals surface area contributed by atoms with Gasteiger partial charge in [0.1, 0.15) is 4.83 Å². The number of fused-ring (bicyclic) bond motifs is 3. The van der Waals surface area contributed by atoms with Gasteiger partial charge in [0.05, 0.1) is 22.9 Å². The molecular weight excluding hydrogens is 374 g/mol. The molecule has 1 aromatic carbocycles. The fraction of sp³-hybridized carbons (Fsp3) is 0.278. The van der Waals surface area contributed by atoms with Gasteiger partial charge >= 0.3 is 0 Å². The van der Waals surface area contributed by atoms with Crippen molar-refractivity contribution < 1.29 is 0 Å². The first kappa shape index (κ1) is 16.6. The van der Waals surface area contributed by atoms with Crippen LogP contribution in [0.3, 0.4) is 0 Å². The minimum absolute atomic E-state index is 0.0489. The maximum absolute atomic E-state index is 13.3. The molecule has 0 bridgehead atoms. The molecule has 7 heteroatoms. The van der Waals surface area contributed by atoms with E-state index in [2.05, 4.69) is 6.07 Å². The maximum Gasteiger partial charge on any atom is 0.267 e. The molecule has 0 saturated heterocycles. The average molecular weight is 388 g/mol. The zero-order chi connectivity index (χ0) is 17.4. The number of hydrogen-bond acceptors (Lipinski definition) is 5. The summed E-state index contributed by atoms with van der Waals surface area (Å²) in [6, 6.07) is 9.25. The lowest BCUT2D eigenvalue weighted by molar-refractivity contribution is 0.699. The highest BCUT2D eigenvalue weighted by Crippen LogP contribution is 2.35. The second-order valence-electron chi connectivity index (χ2n) is 5.85. The molecule has 1 aliphatic carbocycles. The van der Waals surface area contributed by atoms with Crippen LogP contribution in [0.15, 0.2) is 34.2 Å². The molecule has 0 spiro atoms. The summed E-state index contributed by atoms with van der Waals surface area (Å²) in [6.45, 7) is 0. The molecule has 4 nitrogen and oxygen atoms in total. The third-order valence-corrected chi connectivity index (χ3v) is 6.55. The molecule has 2 heterocycles. The second kappa shape index (κ2) is 6.83. The minimum Gasteiger partial charge on any atom is -0.268 e. The normalized spacial score (nSPS) is 13.6. The largest absolute Gasteiger partial charge is 0.268 e. The van der Waals surface area contributed by atoms with E-state index >= 15 is 0 Å². The van der Waals surface area contributed by atoms with E-state index in [0.29, 0.717) is 10.2 Å². The van der Waals surface area contributed by atoms with Gasteiger partial charge in [-0.15, -0.1) is 11.3 Å². The van der Waals surface area contributed by atoms with E-state index in [0.717, 1.165) is 35.2 Å². The standard InChI is InChI=1S/C18H14ClN3OS2/c19-11-5-7-12(8-6-11)22-17(23)15-13-3-1-2-4-14(13)25-16(15)21-18(22)24-10-9-20/h5-8H,1-4,10H2. The highest BCUT2D eigenvalue weighted by atomic mass is 35.5. The molecule has 25 heavy (non-hydrogen) atoms. The fourth-order valence-corrected chi connectivity index (χ4v) is 5.30. The van der Waals surface area contributed by atoms with Crippen LogP contribution >= 0.6 is 34.7 Å². The molecule has 4 rings (SSSR count). The number of nitrogens with zero attached hydrogens (tertiary/aromatic N) is 3. The average Bonchev–Trinajstić information content (AvgIpc) is 2.99. The third-order valence-electron chi connectivity index (χ3n) is 4.31. The van der Waals surface area contributed by atoms with Crippen molar-refractivity contribution in [3.63, 3.8) is 0 Å². The van der Waals surface area contributed by atoms with Crippen LogP contribution in [-0.2, 0) is 12.8 Å².